The number of nitrogens with one attached hydrogen (secondary N) is 1. The summed E-state index contributed by atoms with van der Waals surface area (Å²) in [6.45, 7) is 5.02. The molecule has 0 radical (unpaired) electrons. The maximum absolute atomic E-state index is 13.9. The van der Waals surface area contributed by atoms with Crippen LogP contribution in [0.3, 0.4) is 0 Å². The molecule has 0 bridgehead atoms. The number of alkyl halides is 3. The van der Waals surface area contributed by atoms with E-state index in [0.29, 0.717) is 34.9 Å². The van der Waals surface area contributed by atoms with E-state index in [2.05, 4.69) is 27.0 Å². The van der Waals surface area contributed by atoms with Crippen LogP contribution >= 0.6 is 11.6 Å². The van der Waals surface area contributed by atoms with Crippen molar-refractivity contribution in [3.8, 4) is 11.8 Å². The number of carbonyl (C=O) groups is 1. The number of amides is 1. The van der Waals surface area contributed by atoms with Gasteiger partial charge in [0.05, 0.1) is 10.6 Å². The summed E-state index contributed by atoms with van der Waals surface area (Å²) < 4.78 is 41.7. The quantitative estimate of drug-likeness (QED) is 0.453. The van der Waals surface area contributed by atoms with E-state index in [-0.39, 0.29) is 23.5 Å². The van der Waals surface area contributed by atoms with Gasteiger partial charge in [0.15, 0.2) is 0 Å². The average molecular weight is 542 g/mol. The highest BCUT2D eigenvalue weighted by Crippen LogP contribution is 2.34. The summed E-state index contributed by atoms with van der Waals surface area (Å²) in [5.74, 6) is 5.53. The van der Waals surface area contributed by atoms with E-state index in [1.165, 1.54) is 18.3 Å². The summed E-state index contributed by atoms with van der Waals surface area (Å²) in [6, 6.07) is 10.5. The first-order chi connectivity index (χ1) is 18.0. The summed E-state index contributed by atoms with van der Waals surface area (Å²) in [4.78, 5) is 21.0. The van der Waals surface area contributed by atoms with Crippen molar-refractivity contribution in [2.24, 2.45) is 0 Å². The molecule has 2 heterocycles. The molecule has 1 aromatic heterocycles. The second-order valence-electron chi connectivity index (χ2n) is 9.27. The minimum Gasteiger partial charge on any atom is -0.382 e. The summed E-state index contributed by atoms with van der Waals surface area (Å²) in [7, 11) is 1.99. The number of nitrogens with two attached hydrogens (primary N) is 1. The molecule has 4 rings (SSSR count). The van der Waals surface area contributed by atoms with E-state index in [1.54, 1.807) is 24.3 Å². The molecule has 3 aromatic rings. The Bertz CT molecular complexity index is 1410. The minimum atomic E-state index is -4.58. The number of likely N-dealkylation sites (N-methyl/N-ethyl adjacent to an activating group) is 1. The fourth-order valence-corrected chi connectivity index (χ4v) is 4.23. The zero-order valence-corrected chi connectivity index (χ0v) is 21.7. The van der Waals surface area contributed by atoms with Gasteiger partial charge < -0.3 is 16.0 Å². The fourth-order valence-electron chi connectivity index (χ4n) is 4.06. The topological polar surface area (TPSA) is 74.5 Å². The largest absolute Gasteiger partial charge is 0.416 e. The molecule has 1 saturated heterocycles. The van der Waals surface area contributed by atoms with Gasteiger partial charge in [0, 0.05) is 61.3 Å². The number of anilines is 2. The van der Waals surface area contributed by atoms with Crippen molar-refractivity contribution in [3.05, 3.63) is 87.1 Å². The van der Waals surface area contributed by atoms with Crippen molar-refractivity contribution in [2.45, 2.75) is 19.6 Å². The standard InChI is InChI=1S/C28H27ClF3N5O/c1-18-3-8-23(14-20(18)5-4-19-13-25(29)26(33)34-16-19)35-27(38)21-6-7-22(24(15-21)28(30,31)32)17-37-11-9-36(2)10-12-37/h3,6-8,13-16H,9-12,17H2,1-2H3,(H2,33,34)(H,35,38). The molecular formula is C28H27ClF3N5O. The van der Waals surface area contributed by atoms with Crippen LogP contribution in [0.2, 0.25) is 5.02 Å². The molecule has 6 nitrogen and oxygen atoms in total. The number of hydrogen-bond acceptors (Lipinski definition) is 5. The number of aryl methyl sites for hydroxylation is 1. The molecule has 2 aromatic carbocycles. The molecule has 198 valence electrons. The second kappa shape index (κ2) is 11.4. The number of nitrogens with zero attached hydrogens (tertiary/aromatic N) is 3. The number of carbonyl (C=O) groups excluding carboxylic acids is 1. The molecule has 0 aliphatic carbocycles. The van der Waals surface area contributed by atoms with Crippen molar-refractivity contribution in [1.29, 1.82) is 0 Å². The smallest absolute Gasteiger partial charge is 0.382 e. The first-order valence-corrected chi connectivity index (χ1v) is 12.3. The van der Waals surface area contributed by atoms with Gasteiger partial charge in [-0.05, 0) is 55.4 Å². The number of pyridine rings is 1. The molecule has 1 fully saturated rings. The number of piperazine rings is 1. The van der Waals surface area contributed by atoms with Crippen molar-refractivity contribution >= 4 is 29.0 Å². The van der Waals surface area contributed by atoms with Gasteiger partial charge in [0.1, 0.15) is 5.82 Å². The molecule has 0 spiro atoms. The van der Waals surface area contributed by atoms with Gasteiger partial charge in [-0.3, -0.25) is 9.69 Å². The van der Waals surface area contributed by atoms with Gasteiger partial charge in [-0.25, -0.2) is 4.98 Å². The van der Waals surface area contributed by atoms with E-state index >= 15 is 0 Å². The Kier molecular flexibility index (Phi) is 8.26. The van der Waals surface area contributed by atoms with E-state index in [0.717, 1.165) is 24.7 Å². The number of rotatable bonds is 4. The van der Waals surface area contributed by atoms with Crippen LogP contribution in [0.4, 0.5) is 24.7 Å². The number of aromatic nitrogens is 1. The highest BCUT2D eigenvalue weighted by atomic mass is 35.5. The van der Waals surface area contributed by atoms with Crippen LogP contribution in [0, 0.1) is 18.8 Å². The van der Waals surface area contributed by atoms with E-state index < -0.39 is 17.6 Å². The number of nitrogen functional groups attached to an aromatic ring is 1. The van der Waals surface area contributed by atoms with Crippen molar-refractivity contribution in [2.75, 3.05) is 44.3 Å². The first kappa shape index (κ1) is 27.5. The third kappa shape index (κ3) is 6.84. The van der Waals surface area contributed by atoms with E-state index in [9.17, 15) is 18.0 Å². The molecule has 1 aliphatic rings. The maximum Gasteiger partial charge on any atom is 0.416 e. The third-order valence-corrected chi connectivity index (χ3v) is 6.68. The highest BCUT2D eigenvalue weighted by molar-refractivity contribution is 6.32. The van der Waals surface area contributed by atoms with Crippen molar-refractivity contribution < 1.29 is 18.0 Å². The van der Waals surface area contributed by atoms with Gasteiger partial charge in [-0.1, -0.05) is 35.6 Å². The van der Waals surface area contributed by atoms with Crippen LogP contribution in [-0.2, 0) is 12.7 Å². The first-order valence-electron chi connectivity index (χ1n) is 12.0. The Morgan fingerprint density at radius 3 is 2.53 bits per heavy atom. The molecule has 38 heavy (non-hydrogen) atoms. The predicted octanol–water partition coefficient (Wildman–Crippen LogP) is 5.04. The van der Waals surface area contributed by atoms with Crippen LogP contribution in [0.5, 0.6) is 0 Å². The van der Waals surface area contributed by atoms with Gasteiger partial charge in [-0.15, -0.1) is 0 Å². The zero-order chi connectivity index (χ0) is 27.4. The Morgan fingerprint density at radius 1 is 1.11 bits per heavy atom. The lowest BCUT2D eigenvalue weighted by Gasteiger charge is -2.33. The maximum atomic E-state index is 13.9. The summed E-state index contributed by atoms with van der Waals surface area (Å²) >= 11 is 5.99. The van der Waals surface area contributed by atoms with E-state index in [1.807, 2.05) is 18.9 Å². The van der Waals surface area contributed by atoms with Gasteiger partial charge >= 0.3 is 6.18 Å². The van der Waals surface area contributed by atoms with Crippen LogP contribution in [0.15, 0.2) is 48.7 Å². The second-order valence-corrected chi connectivity index (χ2v) is 9.68. The van der Waals surface area contributed by atoms with Gasteiger partial charge in [-0.2, -0.15) is 13.2 Å². The van der Waals surface area contributed by atoms with E-state index in [4.69, 9.17) is 17.3 Å². The highest BCUT2D eigenvalue weighted by Gasteiger charge is 2.34. The monoisotopic (exact) mass is 541 g/mol. The normalized spacial score (nSPS) is 14.6. The Balaban J connectivity index is 1.53. The Morgan fingerprint density at radius 2 is 1.84 bits per heavy atom. The van der Waals surface area contributed by atoms with Crippen molar-refractivity contribution in [3.63, 3.8) is 0 Å². The lowest BCUT2D eigenvalue weighted by molar-refractivity contribution is -0.138. The lowest BCUT2D eigenvalue weighted by atomic mass is 10.0. The molecule has 1 amide bonds. The van der Waals surface area contributed by atoms with Crippen molar-refractivity contribution in [1.82, 2.24) is 14.8 Å². The Hall–Kier alpha value is -3.58. The summed E-state index contributed by atoms with van der Waals surface area (Å²) in [5, 5.41) is 2.98. The number of hydrogen-bond donors (Lipinski definition) is 2. The third-order valence-electron chi connectivity index (χ3n) is 6.37. The SMILES string of the molecule is Cc1ccc(NC(=O)c2ccc(CN3CCN(C)CC3)c(C(F)(F)F)c2)cc1C#Cc1cnc(N)c(Cl)c1. The summed E-state index contributed by atoms with van der Waals surface area (Å²) in [6.07, 6.45) is -3.08. The molecule has 1 aliphatic heterocycles. The molecule has 10 heteroatoms. The van der Waals surface area contributed by atoms with Crippen LogP contribution in [0.25, 0.3) is 0 Å². The summed E-state index contributed by atoms with van der Waals surface area (Å²) in [5.41, 5.74) is 7.38. The number of benzene rings is 2. The molecule has 3 N–H and O–H groups in total. The van der Waals surface area contributed by atoms with Crippen LogP contribution < -0.4 is 11.1 Å². The lowest BCUT2D eigenvalue weighted by Crippen LogP contribution is -2.44. The van der Waals surface area contributed by atoms with Crippen LogP contribution in [-0.4, -0.2) is 53.9 Å². The molecule has 0 atom stereocenters. The predicted molar refractivity (Wildman–Crippen MR) is 143 cm³/mol. The zero-order valence-electron chi connectivity index (χ0n) is 21.0. The van der Waals surface area contributed by atoms with Gasteiger partial charge in [0.25, 0.3) is 5.91 Å². The Labute approximate surface area is 224 Å². The minimum absolute atomic E-state index is 0.0738. The fraction of sp³-hybridized carbons (Fsp3) is 0.286. The number of halogens is 4. The molecule has 0 unspecified atom stereocenters. The van der Waals surface area contributed by atoms with Gasteiger partial charge in [0.2, 0.25) is 0 Å². The van der Waals surface area contributed by atoms with Crippen LogP contribution in [0.1, 0.15) is 38.2 Å². The molecular weight excluding hydrogens is 515 g/mol. The average Bonchev–Trinajstić information content (AvgIpc) is 2.87. The molecule has 0 saturated carbocycles.